The highest BCUT2D eigenvalue weighted by Gasteiger charge is 2.21. The van der Waals surface area contributed by atoms with Crippen LogP contribution < -0.4 is 0 Å². The average Bonchev–Trinajstić information content (AvgIpc) is 3.11. The maximum Gasteiger partial charge on any atom is 0.313 e. The van der Waals surface area contributed by atoms with Crippen LogP contribution in [0.5, 0.6) is 0 Å². The van der Waals surface area contributed by atoms with Crippen LogP contribution in [-0.2, 0) is 9.53 Å². The van der Waals surface area contributed by atoms with Gasteiger partial charge in [-0.05, 0) is 29.9 Å². The fraction of sp³-hybridized carbons (Fsp3) is 0.263. The Morgan fingerprint density at radius 3 is 2.57 bits per heavy atom. The largest absolute Gasteiger partial charge is 0.465 e. The minimum atomic E-state index is -0.370. The number of hydrogen-bond acceptors (Lipinski definition) is 4. The summed E-state index contributed by atoms with van der Waals surface area (Å²) in [5.74, 6) is -0.616. The molecular weight excluding hydrogens is 308 g/mol. The van der Waals surface area contributed by atoms with Gasteiger partial charge in [0.15, 0.2) is 0 Å². The molecule has 0 spiro atoms. The smallest absolute Gasteiger partial charge is 0.313 e. The Morgan fingerprint density at radius 2 is 2.00 bits per heavy atom. The van der Waals surface area contributed by atoms with Gasteiger partial charge in [-0.25, -0.2) is 0 Å². The van der Waals surface area contributed by atoms with E-state index in [-0.39, 0.29) is 17.7 Å². The third-order valence-corrected chi connectivity index (χ3v) is 4.32. The zero-order chi connectivity index (χ0) is 16.7. The van der Waals surface area contributed by atoms with Crippen LogP contribution >= 0.6 is 11.3 Å². The van der Waals surface area contributed by atoms with Crippen molar-refractivity contribution in [3.63, 3.8) is 0 Å². The van der Waals surface area contributed by atoms with Crippen molar-refractivity contribution in [3.8, 4) is 0 Å². The maximum absolute atomic E-state index is 12.3. The van der Waals surface area contributed by atoms with Gasteiger partial charge in [-0.3, -0.25) is 9.59 Å². The zero-order valence-corrected chi connectivity index (χ0v) is 14.0. The molecule has 0 aliphatic rings. The molecule has 2 rings (SSSR count). The van der Waals surface area contributed by atoms with Crippen LogP contribution in [-0.4, -0.2) is 18.4 Å². The quantitative estimate of drug-likeness (QED) is 0.404. The highest BCUT2D eigenvalue weighted by molar-refractivity contribution is 7.12. The topological polar surface area (TPSA) is 43.4 Å². The third kappa shape index (κ3) is 4.39. The van der Waals surface area contributed by atoms with E-state index in [4.69, 9.17) is 4.74 Å². The van der Waals surface area contributed by atoms with Gasteiger partial charge in [0, 0.05) is 5.56 Å². The Morgan fingerprint density at radius 1 is 1.26 bits per heavy atom. The first-order chi connectivity index (χ1) is 11.2. The van der Waals surface area contributed by atoms with Gasteiger partial charge in [0.05, 0.1) is 17.4 Å². The summed E-state index contributed by atoms with van der Waals surface area (Å²) < 4.78 is 5.24. The monoisotopic (exact) mass is 328 g/mol. The predicted molar refractivity (Wildman–Crippen MR) is 93.0 cm³/mol. The van der Waals surface area contributed by atoms with E-state index in [9.17, 15) is 9.59 Å². The lowest BCUT2D eigenvalue weighted by atomic mass is 9.94. The number of rotatable bonds is 8. The van der Waals surface area contributed by atoms with E-state index in [1.807, 2.05) is 36.6 Å². The van der Waals surface area contributed by atoms with Gasteiger partial charge in [-0.15, -0.1) is 17.9 Å². The molecule has 120 valence electrons. The fourth-order valence-corrected chi connectivity index (χ4v) is 2.94. The Balaban J connectivity index is 2.16. The molecule has 23 heavy (non-hydrogen) atoms. The van der Waals surface area contributed by atoms with Crippen molar-refractivity contribution in [1.29, 1.82) is 0 Å². The first-order valence-corrected chi connectivity index (χ1v) is 8.51. The second-order valence-corrected chi connectivity index (χ2v) is 6.12. The van der Waals surface area contributed by atoms with Crippen LogP contribution in [0, 0.1) is 0 Å². The number of thiophene rings is 1. The molecule has 4 heteroatoms. The normalized spacial score (nSPS) is 11.7. The van der Waals surface area contributed by atoms with Crippen molar-refractivity contribution in [1.82, 2.24) is 0 Å². The Bertz CT molecular complexity index is 656. The molecule has 0 radical (unpaired) electrons. The summed E-state index contributed by atoms with van der Waals surface area (Å²) in [5, 5.41) is 1.88. The fourth-order valence-electron chi connectivity index (χ4n) is 2.26. The van der Waals surface area contributed by atoms with E-state index < -0.39 is 0 Å². The molecule has 0 aliphatic heterocycles. The number of benzene rings is 1. The van der Waals surface area contributed by atoms with Gasteiger partial charge in [-0.1, -0.05) is 43.3 Å². The van der Waals surface area contributed by atoms with E-state index in [2.05, 4.69) is 6.58 Å². The summed E-state index contributed by atoms with van der Waals surface area (Å²) in [7, 11) is 0. The predicted octanol–water partition coefficient (Wildman–Crippen LogP) is 4.59. The Labute approximate surface area is 140 Å². The molecule has 1 unspecified atom stereocenters. The number of ether oxygens (including phenoxy) is 1. The van der Waals surface area contributed by atoms with Gasteiger partial charge in [0.1, 0.15) is 0 Å². The molecule has 0 N–H and O–H groups in total. The van der Waals surface area contributed by atoms with Gasteiger partial charge in [-0.2, -0.15) is 0 Å². The summed E-state index contributed by atoms with van der Waals surface area (Å²) in [6.07, 6.45) is 3.02. The Kier molecular flexibility index (Phi) is 6.29. The molecule has 0 bridgehead atoms. The lowest BCUT2D eigenvalue weighted by molar-refractivity contribution is -0.145. The summed E-state index contributed by atoms with van der Waals surface area (Å²) in [4.78, 5) is 25.2. The van der Waals surface area contributed by atoms with Crippen LogP contribution in [0.2, 0.25) is 0 Å². The van der Waals surface area contributed by atoms with Gasteiger partial charge in [0.2, 0.25) is 5.78 Å². The van der Waals surface area contributed by atoms with E-state index >= 15 is 0 Å². The number of carbonyl (C=O) groups is 2. The van der Waals surface area contributed by atoms with Gasteiger partial charge in [0.25, 0.3) is 0 Å². The number of esters is 1. The molecule has 0 amide bonds. The first-order valence-electron chi connectivity index (χ1n) is 7.63. The molecule has 1 aromatic heterocycles. The van der Waals surface area contributed by atoms with Crippen molar-refractivity contribution in [2.45, 2.75) is 25.7 Å². The minimum Gasteiger partial charge on any atom is -0.465 e. The SMILES string of the molecule is C=CCC(C(=O)OCCC)c1ccc(C(=O)c2cccs2)cc1. The lowest BCUT2D eigenvalue weighted by Gasteiger charge is -2.15. The Hall–Kier alpha value is -2.20. The molecule has 2 aromatic rings. The first kappa shape index (κ1) is 17.2. The molecule has 1 heterocycles. The third-order valence-electron chi connectivity index (χ3n) is 3.46. The number of hydrogen-bond donors (Lipinski definition) is 0. The van der Waals surface area contributed by atoms with Crippen LogP contribution in [0.4, 0.5) is 0 Å². The number of allylic oxidation sites excluding steroid dienone is 1. The van der Waals surface area contributed by atoms with Crippen molar-refractivity contribution >= 4 is 23.1 Å². The van der Waals surface area contributed by atoms with Crippen LogP contribution in [0.15, 0.2) is 54.4 Å². The highest BCUT2D eigenvalue weighted by Crippen LogP contribution is 2.24. The van der Waals surface area contributed by atoms with Crippen molar-refractivity contribution in [2.24, 2.45) is 0 Å². The number of ketones is 1. The molecule has 0 fully saturated rings. The van der Waals surface area contributed by atoms with Gasteiger partial charge >= 0.3 is 5.97 Å². The molecule has 0 saturated heterocycles. The second-order valence-electron chi connectivity index (χ2n) is 5.17. The average molecular weight is 328 g/mol. The van der Waals surface area contributed by atoms with E-state index in [1.165, 1.54) is 11.3 Å². The van der Waals surface area contributed by atoms with Gasteiger partial charge < -0.3 is 4.74 Å². The molecule has 0 saturated carbocycles. The van der Waals surface area contributed by atoms with Crippen molar-refractivity contribution < 1.29 is 14.3 Å². The summed E-state index contributed by atoms with van der Waals surface area (Å²) in [5.41, 5.74) is 1.46. The highest BCUT2D eigenvalue weighted by atomic mass is 32.1. The molecule has 1 atom stereocenters. The van der Waals surface area contributed by atoms with Crippen LogP contribution in [0.25, 0.3) is 0 Å². The second kappa shape index (κ2) is 8.44. The standard InChI is InChI=1S/C19H20O3S/c1-3-6-16(19(21)22-12-4-2)14-8-10-15(11-9-14)18(20)17-7-5-13-23-17/h3,5,7-11,13,16H,1,4,6,12H2,2H3. The molecule has 1 aromatic carbocycles. The molecular formula is C19H20O3S. The summed E-state index contributed by atoms with van der Waals surface area (Å²) >= 11 is 1.42. The van der Waals surface area contributed by atoms with Crippen LogP contribution in [0.1, 0.15) is 46.5 Å². The minimum absolute atomic E-state index is 0.000352. The number of carbonyl (C=O) groups excluding carboxylic acids is 2. The summed E-state index contributed by atoms with van der Waals surface area (Å²) in [6.45, 7) is 6.08. The van der Waals surface area contributed by atoms with E-state index in [0.717, 1.165) is 12.0 Å². The van der Waals surface area contributed by atoms with E-state index in [0.29, 0.717) is 23.5 Å². The summed E-state index contributed by atoms with van der Waals surface area (Å²) in [6, 6.07) is 10.8. The van der Waals surface area contributed by atoms with Crippen molar-refractivity contribution in [2.75, 3.05) is 6.61 Å². The molecule has 3 nitrogen and oxygen atoms in total. The lowest BCUT2D eigenvalue weighted by Crippen LogP contribution is -2.16. The molecule has 0 aliphatic carbocycles. The van der Waals surface area contributed by atoms with Crippen molar-refractivity contribution in [3.05, 3.63) is 70.4 Å². The maximum atomic E-state index is 12.3. The van der Waals surface area contributed by atoms with E-state index in [1.54, 1.807) is 18.2 Å². The van der Waals surface area contributed by atoms with Crippen LogP contribution in [0.3, 0.4) is 0 Å². The zero-order valence-electron chi connectivity index (χ0n) is 13.2.